The van der Waals surface area contributed by atoms with E-state index in [1.54, 1.807) is 23.6 Å². The van der Waals surface area contributed by atoms with Gasteiger partial charge in [0.25, 0.3) is 0 Å². The van der Waals surface area contributed by atoms with Crippen molar-refractivity contribution in [3.63, 3.8) is 0 Å². The molecule has 0 aliphatic heterocycles. The van der Waals surface area contributed by atoms with Crippen LogP contribution in [0.2, 0.25) is 0 Å². The highest BCUT2D eigenvalue weighted by Gasteiger charge is 2.07. The molecule has 0 aliphatic rings. The quantitative estimate of drug-likeness (QED) is 0.940. The summed E-state index contributed by atoms with van der Waals surface area (Å²) < 4.78 is 22.9. The summed E-state index contributed by atoms with van der Waals surface area (Å²) in [5, 5.41) is 13.7. The molecule has 1 N–H and O–H groups in total. The van der Waals surface area contributed by atoms with Gasteiger partial charge in [0.2, 0.25) is 0 Å². The van der Waals surface area contributed by atoms with E-state index in [2.05, 4.69) is 11.4 Å². The van der Waals surface area contributed by atoms with E-state index in [-0.39, 0.29) is 0 Å². The molecule has 1 aromatic heterocycles. The van der Waals surface area contributed by atoms with E-state index in [1.165, 1.54) is 17.6 Å². The summed E-state index contributed by atoms with van der Waals surface area (Å²) >= 11 is 1.50. The second-order valence-electron chi connectivity index (χ2n) is 4.07. The van der Waals surface area contributed by atoms with Crippen molar-refractivity contribution in [2.24, 2.45) is 0 Å². The summed E-state index contributed by atoms with van der Waals surface area (Å²) in [7, 11) is -3.19. The molecule has 0 aliphatic carbocycles. The van der Waals surface area contributed by atoms with Crippen molar-refractivity contribution >= 4 is 26.9 Å². The highest BCUT2D eigenvalue weighted by atomic mass is 32.2. The molecule has 0 spiro atoms. The Hall–Kier alpha value is -1.84. The first kappa shape index (κ1) is 13.6. The zero-order valence-electron chi connectivity index (χ0n) is 10.3. The fourth-order valence-electron chi connectivity index (χ4n) is 1.56. The van der Waals surface area contributed by atoms with Crippen LogP contribution in [0.25, 0.3) is 0 Å². The van der Waals surface area contributed by atoms with Crippen LogP contribution < -0.4 is 5.32 Å². The monoisotopic (exact) mass is 292 g/mol. The van der Waals surface area contributed by atoms with Gasteiger partial charge in [0.05, 0.1) is 10.5 Å². The van der Waals surface area contributed by atoms with Gasteiger partial charge in [-0.05, 0) is 24.3 Å². The molecule has 1 aromatic carbocycles. The number of hydrogen-bond acceptors (Lipinski definition) is 5. The summed E-state index contributed by atoms with van der Waals surface area (Å²) in [5.41, 5.74) is 1.39. The van der Waals surface area contributed by atoms with Crippen LogP contribution in [0.5, 0.6) is 0 Å². The Balaban J connectivity index is 2.10. The minimum atomic E-state index is -3.19. The Morgan fingerprint density at radius 2 is 2.16 bits per heavy atom. The van der Waals surface area contributed by atoms with Crippen molar-refractivity contribution in [2.75, 3.05) is 11.6 Å². The number of benzene rings is 1. The predicted octanol–water partition coefficient (Wildman–Crippen LogP) is 2.64. The van der Waals surface area contributed by atoms with Crippen LogP contribution in [0, 0.1) is 11.3 Å². The number of anilines is 1. The van der Waals surface area contributed by atoms with Gasteiger partial charge in [-0.15, -0.1) is 11.3 Å². The SMILES string of the molecule is CS(=O)(=O)c1cccc(NCc2cc(C#N)cs2)c1. The topological polar surface area (TPSA) is 70.0 Å². The lowest BCUT2D eigenvalue weighted by atomic mass is 10.3. The van der Waals surface area contributed by atoms with Gasteiger partial charge in [-0.25, -0.2) is 8.42 Å². The molecule has 0 unspecified atom stereocenters. The van der Waals surface area contributed by atoms with Crippen LogP contribution >= 0.6 is 11.3 Å². The number of sulfone groups is 1. The summed E-state index contributed by atoms with van der Waals surface area (Å²) in [6, 6.07) is 10.6. The molecule has 0 saturated heterocycles. The first-order chi connectivity index (χ1) is 8.99. The van der Waals surface area contributed by atoms with Gasteiger partial charge >= 0.3 is 0 Å². The molecular formula is C13H12N2O2S2. The standard InChI is InChI=1S/C13H12N2O2S2/c1-19(16,17)13-4-2-3-11(6-13)15-8-12-5-10(7-14)9-18-12/h2-6,9,15H,8H2,1H3. The van der Waals surface area contributed by atoms with Crippen LogP contribution in [0.4, 0.5) is 5.69 Å². The lowest BCUT2D eigenvalue weighted by Gasteiger charge is -2.06. The smallest absolute Gasteiger partial charge is 0.175 e. The van der Waals surface area contributed by atoms with E-state index in [4.69, 9.17) is 5.26 Å². The zero-order valence-corrected chi connectivity index (χ0v) is 11.9. The third-order valence-corrected chi connectivity index (χ3v) is 4.56. The van der Waals surface area contributed by atoms with Crippen LogP contribution in [-0.2, 0) is 16.4 Å². The molecule has 2 aromatic rings. The average molecular weight is 292 g/mol. The highest BCUT2D eigenvalue weighted by molar-refractivity contribution is 7.90. The summed E-state index contributed by atoms with van der Waals surface area (Å²) in [6.07, 6.45) is 1.19. The maximum Gasteiger partial charge on any atom is 0.175 e. The third kappa shape index (κ3) is 3.56. The highest BCUT2D eigenvalue weighted by Crippen LogP contribution is 2.18. The number of rotatable bonds is 4. The lowest BCUT2D eigenvalue weighted by Crippen LogP contribution is -2.01. The summed E-state index contributed by atoms with van der Waals surface area (Å²) in [4.78, 5) is 1.32. The minimum Gasteiger partial charge on any atom is -0.380 e. The fraction of sp³-hybridized carbons (Fsp3) is 0.154. The number of nitrogens with one attached hydrogen (secondary N) is 1. The van der Waals surface area contributed by atoms with Gasteiger partial charge in [0, 0.05) is 28.7 Å². The summed E-state index contributed by atoms with van der Waals surface area (Å²) in [5.74, 6) is 0. The molecule has 1 heterocycles. The van der Waals surface area contributed by atoms with Crippen molar-refractivity contribution in [2.45, 2.75) is 11.4 Å². The number of thiophene rings is 1. The molecule has 0 amide bonds. The third-order valence-electron chi connectivity index (χ3n) is 2.51. The van der Waals surface area contributed by atoms with E-state index in [0.717, 1.165) is 10.6 Å². The second-order valence-corrected chi connectivity index (χ2v) is 7.08. The van der Waals surface area contributed by atoms with Gasteiger partial charge in [0.1, 0.15) is 6.07 Å². The molecule has 0 radical (unpaired) electrons. The van der Waals surface area contributed by atoms with Crippen LogP contribution in [0.3, 0.4) is 0 Å². The molecular weight excluding hydrogens is 280 g/mol. The number of hydrogen-bond donors (Lipinski definition) is 1. The first-order valence-electron chi connectivity index (χ1n) is 5.50. The van der Waals surface area contributed by atoms with Gasteiger partial charge in [-0.2, -0.15) is 5.26 Å². The first-order valence-corrected chi connectivity index (χ1v) is 8.27. The van der Waals surface area contributed by atoms with Crippen molar-refractivity contribution in [1.29, 1.82) is 5.26 Å². The van der Waals surface area contributed by atoms with Crippen molar-refractivity contribution in [1.82, 2.24) is 0 Å². The maximum atomic E-state index is 11.4. The van der Waals surface area contributed by atoms with Gasteiger partial charge < -0.3 is 5.32 Å². The molecule has 6 heteroatoms. The molecule has 0 atom stereocenters. The summed E-state index contributed by atoms with van der Waals surface area (Å²) in [6.45, 7) is 0.569. The van der Waals surface area contributed by atoms with E-state index in [9.17, 15) is 8.42 Å². The molecule has 4 nitrogen and oxygen atoms in total. The largest absolute Gasteiger partial charge is 0.380 e. The average Bonchev–Trinajstić information content (AvgIpc) is 2.84. The van der Waals surface area contributed by atoms with Crippen molar-refractivity contribution < 1.29 is 8.42 Å². The Morgan fingerprint density at radius 1 is 1.37 bits per heavy atom. The van der Waals surface area contributed by atoms with E-state index >= 15 is 0 Å². The zero-order chi connectivity index (χ0) is 13.9. The Morgan fingerprint density at radius 3 is 2.79 bits per heavy atom. The van der Waals surface area contributed by atoms with Crippen molar-refractivity contribution in [3.8, 4) is 6.07 Å². The van der Waals surface area contributed by atoms with Gasteiger partial charge in [-0.1, -0.05) is 6.07 Å². The molecule has 2 rings (SSSR count). The van der Waals surface area contributed by atoms with Gasteiger partial charge in [0.15, 0.2) is 9.84 Å². The van der Waals surface area contributed by atoms with E-state index in [1.807, 2.05) is 12.1 Å². The predicted molar refractivity (Wildman–Crippen MR) is 75.9 cm³/mol. The Bertz CT molecular complexity index is 727. The molecule has 0 fully saturated rings. The molecule has 0 bridgehead atoms. The molecule has 98 valence electrons. The number of nitriles is 1. The van der Waals surface area contributed by atoms with Crippen LogP contribution in [-0.4, -0.2) is 14.7 Å². The van der Waals surface area contributed by atoms with Gasteiger partial charge in [-0.3, -0.25) is 0 Å². The van der Waals surface area contributed by atoms with Crippen molar-refractivity contribution in [3.05, 3.63) is 46.2 Å². The Kier molecular flexibility index (Phi) is 3.88. The normalized spacial score (nSPS) is 10.9. The van der Waals surface area contributed by atoms with Crippen LogP contribution in [0.1, 0.15) is 10.4 Å². The fourth-order valence-corrected chi connectivity index (χ4v) is 2.97. The van der Waals surface area contributed by atoms with E-state index < -0.39 is 9.84 Å². The minimum absolute atomic E-state index is 0.293. The maximum absolute atomic E-state index is 11.4. The molecule has 0 saturated carbocycles. The van der Waals surface area contributed by atoms with Crippen LogP contribution in [0.15, 0.2) is 40.6 Å². The Labute approximate surface area is 116 Å². The van der Waals surface area contributed by atoms with E-state index in [0.29, 0.717) is 17.0 Å². The number of nitrogens with zero attached hydrogens (tertiary/aromatic N) is 1. The second kappa shape index (κ2) is 5.43. The molecule has 19 heavy (non-hydrogen) atoms. The lowest BCUT2D eigenvalue weighted by molar-refractivity contribution is 0.602.